The number of aliphatic hydroxyl groups excluding tert-OH is 1. The second kappa shape index (κ2) is 5.95. The lowest BCUT2D eigenvalue weighted by Crippen LogP contribution is -2.14. The number of aliphatic hydroxyl groups is 1. The zero-order chi connectivity index (χ0) is 15.5. The van der Waals surface area contributed by atoms with Crippen LogP contribution in [-0.2, 0) is 17.1 Å². The van der Waals surface area contributed by atoms with E-state index in [1.807, 2.05) is 0 Å². The van der Waals surface area contributed by atoms with Gasteiger partial charge in [-0.1, -0.05) is 11.8 Å². The lowest BCUT2D eigenvalue weighted by atomic mass is 10.2. The zero-order valence-corrected chi connectivity index (χ0v) is 11.9. The van der Waals surface area contributed by atoms with Crippen molar-refractivity contribution in [3.05, 3.63) is 41.8 Å². The Hall–Kier alpha value is -2.37. The Morgan fingerprint density at radius 1 is 1.43 bits per heavy atom. The molecule has 0 aliphatic heterocycles. The van der Waals surface area contributed by atoms with Gasteiger partial charge in [-0.15, -0.1) is 0 Å². The minimum Gasteiger partial charge on any atom is -0.384 e. The van der Waals surface area contributed by atoms with Crippen LogP contribution in [0, 0.1) is 17.7 Å². The Morgan fingerprint density at radius 2 is 2.19 bits per heavy atom. The fourth-order valence-corrected chi connectivity index (χ4v) is 2.57. The molecule has 1 aromatic carbocycles. The fourth-order valence-electron chi connectivity index (χ4n) is 1.57. The topological polar surface area (TPSA) is 84.2 Å². The number of benzene rings is 1. The number of halogens is 1. The highest BCUT2D eigenvalue weighted by Gasteiger charge is 2.17. The third kappa shape index (κ3) is 3.59. The molecule has 0 saturated carbocycles. The molecule has 0 amide bonds. The first-order chi connectivity index (χ1) is 9.92. The molecule has 6 nitrogen and oxygen atoms in total. The van der Waals surface area contributed by atoms with Crippen molar-refractivity contribution in [3.63, 3.8) is 0 Å². The number of aryl methyl sites for hydroxylation is 1. The summed E-state index contributed by atoms with van der Waals surface area (Å²) in [7, 11) is -2.28. The van der Waals surface area contributed by atoms with Gasteiger partial charge in [0.1, 0.15) is 12.4 Å². The summed E-state index contributed by atoms with van der Waals surface area (Å²) < 4.78 is 41.6. The van der Waals surface area contributed by atoms with E-state index < -0.39 is 22.4 Å². The van der Waals surface area contributed by atoms with Crippen molar-refractivity contribution in [1.82, 2.24) is 9.78 Å². The molecule has 0 unspecified atom stereocenters. The molecule has 1 heterocycles. The molecule has 110 valence electrons. The Balaban J connectivity index is 2.30. The minimum absolute atomic E-state index is 0.0147. The van der Waals surface area contributed by atoms with Crippen LogP contribution in [0.4, 0.5) is 10.2 Å². The van der Waals surface area contributed by atoms with Gasteiger partial charge in [0.2, 0.25) is 0 Å². The largest absolute Gasteiger partial charge is 0.384 e. The quantitative estimate of drug-likeness (QED) is 0.818. The predicted octanol–water partition coefficient (Wildman–Crippen LogP) is 0.704. The molecular weight excluding hydrogens is 297 g/mol. The maximum atomic E-state index is 13.8. The van der Waals surface area contributed by atoms with Crippen LogP contribution in [-0.4, -0.2) is 29.9 Å². The highest BCUT2D eigenvalue weighted by Crippen LogP contribution is 2.17. The van der Waals surface area contributed by atoms with Gasteiger partial charge in [-0.2, -0.15) is 5.10 Å². The molecule has 1 aromatic heterocycles. The highest BCUT2D eigenvalue weighted by molar-refractivity contribution is 7.92. The van der Waals surface area contributed by atoms with Gasteiger partial charge in [0.25, 0.3) is 10.0 Å². The van der Waals surface area contributed by atoms with Crippen LogP contribution >= 0.6 is 0 Å². The summed E-state index contributed by atoms with van der Waals surface area (Å²) in [6.07, 6.45) is 1.58. The Kier molecular flexibility index (Phi) is 4.26. The average Bonchev–Trinajstić information content (AvgIpc) is 2.82. The van der Waals surface area contributed by atoms with E-state index in [0.29, 0.717) is 0 Å². The molecule has 0 radical (unpaired) electrons. The lowest BCUT2D eigenvalue weighted by Gasteiger charge is -2.06. The number of anilines is 1. The highest BCUT2D eigenvalue weighted by atomic mass is 32.2. The van der Waals surface area contributed by atoms with E-state index >= 15 is 0 Å². The van der Waals surface area contributed by atoms with Crippen LogP contribution in [0.1, 0.15) is 5.56 Å². The molecule has 0 fully saturated rings. The molecule has 8 heteroatoms. The van der Waals surface area contributed by atoms with Gasteiger partial charge in [0.15, 0.2) is 5.82 Å². The van der Waals surface area contributed by atoms with Crippen molar-refractivity contribution in [1.29, 1.82) is 0 Å². The molecule has 2 rings (SSSR count). The molecule has 21 heavy (non-hydrogen) atoms. The maximum Gasteiger partial charge on any atom is 0.263 e. The molecule has 2 aromatic rings. The van der Waals surface area contributed by atoms with E-state index in [9.17, 15) is 12.8 Å². The van der Waals surface area contributed by atoms with E-state index in [0.717, 1.165) is 6.07 Å². The Labute approximate surface area is 121 Å². The number of sulfonamides is 1. The monoisotopic (exact) mass is 309 g/mol. The molecule has 0 spiro atoms. The summed E-state index contributed by atoms with van der Waals surface area (Å²) in [5, 5.41) is 12.4. The van der Waals surface area contributed by atoms with Crippen LogP contribution in [0.15, 0.2) is 35.4 Å². The lowest BCUT2D eigenvalue weighted by molar-refractivity contribution is 0.350. The fraction of sp³-hybridized carbons (Fsp3) is 0.154. The second-order valence-corrected chi connectivity index (χ2v) is 5.76. The van der Waals surface area contributed by atoms with Crippen molar-refractivity contribution < 1.29 is 17.9 Å². The van der Waals surface area contributed by atoms with Gasteiger partial charge < -0.3 is 5.11 Å². The normalized spacial score (nSPS) is 10.8. The van der Waals surface area contributed by atoms with Crippen molar-refractivity contribution >= 4 is 15.8 Å². The maximum absolute atomic E-state index is 13.8. The SMILES string of the molecule is Cn1ccc(NS(=O)(=O)c2ccc(C#CCO)c(F)c2)n1. The predicted molar refractivity (Wildman–Crippen MR) is 74.4 cm³/mol. The Morgan fingerprint density at radius 3 is 2.76 bits per heavy atom. The van der Waals surface area contributed by atoms with Crippen LogP contribution in [0.5, 0.6) is 0 Å². The third-order valence-corrected chi connectivity index (χ3v) is 3.86. The minimum atomic E-state index is -3.92. The Bertz CT molecular complexity index is 819. The van der Waals surface area contributed by atoms with Crippen molar-refractivity contribution in [3.8, 4) is 11.8 Å². The summed E-state index contributed by atoms with van der Waals surface area (Å²) in [4.78, 5) is -0.236. The average molecular weight is 309 g/mol. The summed E-state index contributed by atoms with van der Waals surface area (Å²) >= 11 is 0. The first-order valence-corrected chi connectivity index (χ1v) is 7.32. The van der Waals surface area contributed by atoms with E-state index in [2.05, 4.69) is 21.7 Å². The van der Waals surface area contributed by atoms with E-state index in [1.54, 1.807) is 13.2 Å². The zero-order valence-electron chi connectivity index (χ0n) is 11.0. The number of nitrogens with zero attached hydrogens (tertiary/aromatic N) is 2. The van der Waals surface area contributed by atoms with Crippen LogP contribution in [0.25, 0.3) is 0 Å². The molecule has 0 aliphatic carbocycles. The molecular formula is C13H12FN3O3S. The van der Waals surface area contributed by atoms with E-state index in [-0.39, 0.29) is 16.3 Å². The number of nitrogens with one attached hydrogen (secondary N) is 1. The van der Waals surface area contributed by atoms with Gasteiger partial charge in [-0.25, -0.2) is 12.8 Å². The van der Waals surface area contributed by atoms with Crippen LogP contribution < -0.4 is 4.72 Å². The molecule has 2 N–H and O–H groups in total. The van der Waals surface area contributed by atoms with Gasteiger partial charge >= 0.3 is 0 Å². The van der Waals surface area contributed by atoms with Gasteiger partial charge in [0, 0.05) is 19.3 Å². The molecule has 0 aliphatic rings. The van der Waals surface area contributed by atoms with E-state index in [1.165, 1.54) is 22.9 Å². The van der Waals surface area contributed by atoms with Gasteiger partial charge in [-0.05, 0) is 18.2 Å². The van der Waals surface area contributed by atoms with Crippen molar-refractivity contribution in [2.75, 3.05) is 11.3 Å². The molecule has 0 atom stereocenters. The van der Waals surface area contributed by atoms with Gasteiger partial charge in [-0.3, -0.25) is 9.40 Å². The van der Waals surface area contributed by atoms with Gasteiger partial charge in [0.05, 0.1) is 10.5 Å². The summed E-state index contributed by atoms with van der Waals surface area (Å²) in [5.74, 6) is 4.05. The standard InChI is InChI=1S/C13H12FN3O3S/c1-17-7-6-13(15-17)16-21(19,20)11-5-4-10(3-2-8-18)12(14)9-11/h4-7,9,18H,8H2,1H3,(H,15,16). The molecule has 0 bridgehead atoms. The van der Waals surface area contributed by atoms with Crippen LogP contribution in [0.2, 0.25) is 0 Å². The first kappa shape index (κ1) is 15.0. The first-order valence-electron chi connectivity index (χ1n) is 5.84. The number of rotatable bonds is 3. The smallest absolute Gasteiger partial charge is 0.263 e. The summed E-state index contributed by atoms with van der Waals surface area (Å²) in [5.41, 5.74) is 0.0147. The molecule has 0 saturated heterocycles. The second-order valence-electron chi connectivity index (χ2n) is 4.08. The summed E-state index contributed by atoms with van der Waals surface area (Å²) in [6, 6.07) is 4.82. The van der Waals surface area contributed by atoms with Crippen molar-refractivity contribution in [2.24, 2.45) is 7.05 Å². The van der Waals surface area contributed by atoms with Crippen LogP contribution in [0.3, 0.4) is 0 Å². The third-order valence-electron chi connectivity index (χ3n) is 2.51. The summed E-state index contributed by atoms with van der Waals surface area (Å²) in [6.45, 7) is -0.402. The number of aromatic nitrogens is 2. The number of hydrogen-bond donors (Lipinski definition) is 2. The number of hydrogen-bond acceptors (Lipinski definition) is 4. The van der Waals surface area contributed by atoms with Crippen molar-refractivity contribution in [2.45, 2.75) is 4.90 Å². The van der Waals surface area contributed by atoms with E-state index in [4.69, 9.17) is 5.11 Å².